The number of esters is 2. The second-order valence-electron chi connectivity index (χ2n) is 3.60. The van der Waals surface area contributed by atoms with Crippen molar-refractivity contribution in [2.45, 2.75) is 12.3 Å². The molecule has 0 saturated carbocycles. The van der Waals surface area contributed by atoms with E-state index in [0.717, 1.165) is 0 Å². The molecule has 0 saturated heterocycles. The fraction of sp³-hybridized carbons (Fsp3) is 0.286. The first-order chi connectivity index (χ1) is 8.63. The van der Waals surface area contributed by atoms with Crippen molar-refractivity contribution in [3.05, 3.63) is 35.4 Å². The molecule has 0 amide bonds. The number of ether oxygens (including phenoxy) is 2. The van der Waals surface area contributed by atoms with Crippen molar-refractivity contribution in [1.82, 2.24) is 0 Å². The number of rotatable bonds is 4. The number of methoxy groups -OCH3 is 2. The van der Waals surface area contributed by atoms with Crippen LogP contribution in [0.25, 0.3) is 0 Å². The van der Waals surface area contributed by atoms with E-state index in [0.29, 0.717) is 11.1 Å². The van der Waals surface area contributed by atoms with E-state index in [1.165, 1.54) is 14.2 Å². The maximum absolute atomic E-state index is 11.6. The standard InChI is InChI=1S/C14H14O4/c1-4-5-12(14(16)18-3)10-6-8-11(9-7-10)13(15)17-2/h1,6-9,12H,5H2,2-3H3. The van der Waals surface area contributed by atoms with Crippen LogP contribution in [-0.4, -0.2) is 26.2 Å². The van der Waals surface area contributed by atoms with Gasteiger partial charge in [0.05, 0.1) is 25.7 Å². The lowest BCUT2D eigenvalue weighted by Crippen LogP contribution is -2.14. The highest BCUT2D eigenvalue weighted by Gasteiger charge is 2.20. The molecule has 0 aliphatic heterocycles. The van der Waals surface area contributed by atoms with Crippen LogP contribution in [0.3, 0.4) is 0 Å². The van der Waals surface area contributed by atoms with E-state index in [4.69, 9.17) is 11.2 Å². The topological polar surface area (TPSA) is 52.6 Å². The lowest BCUT2D eigenvalue weighted by atomic mass is 9.95. The van der Waals surface area contributed by atoms with Crippen molar-refractivity contribution >= 4 is 11.9 Å². The number of hydrogen-bond acceptors (Lipinski definition) is 4. The third kappa shape index (κ3) is 3.11. The molecule has 0 aliphatic rings. The van der Waals surface area contributed by atoms with Crippen molar-refractivity contribution in [3.8, 4) is 12.3 Å². The Labute approximate surface area is 106 Å². The first-order valence-corrected chi connectivity index (χ1v) is 5.33. The molecule has 94 valence electrons. The summed E-state index contributed by atoms with van der Waals surface area (Å²) >= 11 is 0. The molecule has 0 fully saturated rings. The summed E-state index contributed by atoms with van der Waals surface area (Å²) in [6.45, 7) is 0. The van der Waals surface area contributed by atoms with E-state index in [2.05, 4.69) is 10.7 Å². The molecule has 1 unspecified atom stereocenters. The quantitative estimate of drug-likeness (QED) is 0.600. The van der Waals surface area contributed by atoms with Gasteiger partial charge in [-0.1, -0.05) is 12.1 Å². The fourth-order valence-electron chi connectivity index (χ4n) is 1.57. The first-order valence-electron chi connectivity index (χ1n) is 5.33. The third-order valence-corrected chi connectivity index (χ3v) is 2.54. The van der Waals surface area contributed by atoms with Crippen LogP contribution in [0.15, 0.2) is 24.3 Å². The summed E-state index contributed by atoms with van der Waals surface area (Å²) in [6, 6.07) is 6.53. The fourth-order valence-corrected chi connectivity index (χ4v) is 1.57. The molecule has 0 radical (unpaired) electrons. The van der Waals surface area contributed by atoms with E-state index >= 15 is 0 Å². The number of benzene rings is 1. The molecule has 18 heavy (non-hydrogen) atoms. The molecule has 0 heterocycles. The van der Waals surface area contributed by atoms with Crippen molar-refractivity contribution in [3.63, 3.8) is 0 Å². The van der Waals surface area contributed by atoms with Crippen LogP contribution in [-0.2, 0) is 14.3 Å². The van der Waals surface area contributed by atoms with Crippen LogP contribution in [0, 0.1) is 12.3 Å². The molecule has 1 rings (SSSR count). The minimum Gasteiger partial charge on any atom is -0.469 e. The summed E-state index contributed by atoms with van der Waals surface area (Å²) in [5.41, 5.74) is 1.14. The summed E-state index contributed by atoms with van der Waals surface area (Å²) in [5, 5.41) is 0. The smallest absolute Gasteiger partial charge is 0.337 e. The van der Waals surface area contributed by atoms with E-state index in [-0.39, 0.29) is 6.42 Å². The number of hydrogen-bond donors (Lipinski definition) is 0. The zero-order valence-corrected chi connectivity index (χ0v) is 10.3. The summed E-state index contributed by atoms with van der Waals surface area (Å²) in [4.78, 5) is 22.8. The van der Waals surface area contributed by atoms with Gasteiger partial charge in [-0.15, -0.1) is 12.3 Å². The highest BCUT2D eigenvalue weighted by atomic mass is 16.5. The molecule has 0 N–H and O–H groups in total. The van der Waals surface area contributed by atoms with Crippen molar-refractivity contribution in [2.24, 2.45) is 0 Å². The summed E-state index contributed by atoms with van der Waals surface area (Å²) in [6.07, 6.45) is 5.48. The Morgan fingerprint density at radius 2 is 1.83 bits per heavy atom. The lowest BCUT2D eigenvalue weighted by molar-refractivity contribution is -0.142. The van der Waals surface area contributed by atoms with E-state index in [9.17, 15) is 9.59 Å². The maximum atomic E-state index is 11.6. The molecule has 1 atom stereocenters. The van der Waals surface area contributed by atoms with Crippen LogP contribution in [0.4, 0.5) is 0 Å². The normalized spacial score (nSPS) is 11.2. The third-order valence-electron chi connectivity index (χ3n) is 2.54. The van der Waals surface area contributed by atoms with E-state index in [1.54, 1.807) is 24.3 Å². The molecule has 4 heteroatoms. The second-order valence-corrected chi connectivity index (χ2v) is 3.60. The van der Waals surface area contributed by atoms with Gasteiger partial charge in [-0.05, 0) is 17.7 Å². The first kappa shape index (κ1) is 13.8. The minimum atomic E-state index is -0.508. The van der Waals surface area contributed by atoms with Crippen LogP contribution >= 0.6 is 0 Å². The molecule has 0 spiro atoms. The Bertz CT molecular complexity index is 468. The molecule has 0 aliphatic carbocycles. The van der Waals surface area contributed by atoms with Gasteiger partial charge in [0.25, 0.3) is 0 Å². The molecular formula is C14H14O4. The van der Waals surface area contributed by atoms with Gasteiger partial charge in [-0.2, -0.15) is 0 Å². The van der Waals surface area contributed by atoms with E-state index < -0.39 is 17.9 Å². The average Bonchev–Trinajstić information content (AvgIpc) is 2.43. The highest BCUT2D eigenvalue weighted by molar-refractivity contribution is 5.89. The van der Waals surface area contributed by atoms with Gasteiger partial charge in [-0.25, -0.2) is 4.79 Å². The molecular weight excluding hydrogens is 232 g/mol. The number of carbonyl (C=O) groups excluding carboxylic acids is 2. The Kier molecular flexibility index (Phi) is 4.94. The van der Waals surface area contributed by atoms with Gasteiger partial charge in [0, 0.05) is 6.42 Å². The molecule has 4 nitrogen and oxygen atoms in total. The Morgan fingerprint density at radius 1 is 1.22 bits per heavy atom. The number of carbonyl (C=O) groups is 2. The maximum Gasteiger partial charge on any atom is 0.337 e. The lowest BCUT2D eigenvalue weighted by Gasteiger charge is -2.12. The van der Waals surface area contributed by atoms with Gasteiger partial charge < -0.3 is 9.47 Å². The summed E-state index contributed by atoms with van der Waals surface area (Å²) in [5.74, 6) is 1.12. The predicted molar refractivity (Wildman–Crippen MR) is 66.0 cm³/mol. The highest BCUT2D eigenvalue weighted by Crippen LogP contribution is 2.21. The summed E-state index contributed by atoms with van der Waals surface area (Å²) in [7, 11) is 2.63. The Hall–Kier alpha value is -2.28. The van der Waals surface area contributed by atoms with Crippen LogP contribution in [0.2, 0.25) is 0 Å². The monoisotopic (exact) mass is 246 g/mol. The largest absolute Gasteiger partial charge is 0.469 e. The van der Waals surface area contributed by atoms with Crippen molar-refractivity contribution in [1.29, 1.82) is 0 Å². The second kappa shape index (κ2) is 6.45. The molecule has 1 aromatic rings. The number of terminal acetylenes is 1. The predicted octanol–water partition coefficient (Wildman–Crippen LogP) is 1.75. The molecule has 1 aromatic carbocycles. The van der Waals surface area contributed by atoms with Gasteiger partial charge >= 0.3 is 11.9 Å². The summed E-state index contributed by atoms with van der Waals surface area (Å²) < 4.78 is 9.28. The minimum absolute atomic E-state index is 0.254. The SMILES string of the molecule is C#CCC(C(=O)OC)c1ccc(C(=O)OC)cc1. The Balaban J connectivity index is 2.97. The average molecular weight is 246 g/mol. The zero-order valence-electron chi connectivity index (χ0n) is 10.3. The van der Waals surface area contributed by atoms with Gasteiger partial charge in [0.2, 0.25) is 0 Å². The molecule has 0 aromatic heterocycles. The van der Waals surface area contributed by atoms with Crippen LogP contribution in [0.5, 0.6) is 0 Å². The van der Waals surface area contributed by atoms with Crippen molar-refractivity contribution in [2.75, 3.05) is 14.2 Å². The Morgan fingerprint density at radius 3 is 2.28 bits per heavy atom. The van der Waals surface area contributed by atoms with Crippen LogP contribution in [0.1, 0.15) is 28.3 Å². The van der Waals surface area contributed by atoms with Gasteiger partial charge in [-0.3, -0.25) is 4.79 Å². The zero-order chi connectivity index (χ0) is 13.5. The van der Waals surface area contributed by atoms with E-state index in [1.807, 2.05) is 0 Å². The van der Waals surface area contributed by atoms with Gasteiger partial charge in [0.15, 0.2) is 0 Å². The van der Waals surface area contributed by atoms with Gasteiger partial charge in [0.1, 0.15) is 0 Å². The van der Waals surface area contributed by atoms with Crippen molar-refractivity contribution < 1.29 is 19.1 Å². The molecule has 0 bridgehead atoms. The van der Waals surface area contributed by atoms with Crippen LogP contribution < -0.4 is 0 Å².